The topological polar surface area (TPSA) is 85.2 Å². The molecular formula is C21H24F4N6O. The van der Waals surface area contributed by atoms with Gasteiger partial charge in [-0.05, 0) is 31.6 Å². The van der Waals surface area contributed by atoms with Crippen molar-refractivity contribution in [1.82, 2.24) is 20.3 Å². The molecule has 0 bridgehead atoms. The van der Waals surface area contributed by atoms with Gasteiger partial charge in [0, 0.05) is 30.3 Å². The number of hydrogen-bond acceptors (Lipinski definition) is 6. The summed E-state index contributed by atoms with van der Waals surface area (Å²) in [6.45, 7) is 5.80. The zero-order chi connectivity index (χ0) is 24.3. The number of amides is 1. The first kappa shape index (κ1) is 25.0. The van der Waals surface area contributed by atoms with E-state index >= 15 is 0 Å². The first-order chi connectivity index (χ1) is 14.7. The molecule has 0 saturated heterocycles. The van der Waals surface area contributed by atoms with Gasteiger partial charge >= 0.3 is 6.18 Å². The monoisotopic (exact) mass is 452 g/mol. The molecule has 0 atom stereocenters. The summed E-state index contributed by atoms with van der Waals surface area (Å²) in [5, 5.41) is 10.2. The summed E-state index contributed by atoms with van der Waals surface area (Å²) in [7, 11) is 3.55. The van der Waals surface area contributed by atoms with Crippen molar-refractivity contribution in [3.8, 4) is 6.07 Å². The third kappa shape index (κ3) is 6.88. The van der Waals surface area contributed by atoms with Crippen LogP contribution in [0.15, 0.2) is 24.3 Å². The van der Waals surface area contributed by atoms with Crippen LogP contribution in [0.2, 0.25) is 0 Å². The summed E-state index contributed by atoms with van der Waals surface area (Å²) in [5.74, 6) is -2.32. The summed E-state index contributed by atoms with van der Waals surface area (Å²) in [5.41, 5.74) is 1.05. The Labute approximate surface area is 183 Å². The molecule has 32 heavy (non-hydrogen) atoms. The van der Waals surface area contributed by atoms with Crippen molar-refractivity contribution in [3.05, 3.63) is 52.7 Å². The molecule has 1 aromatic carbocycles. The Morgan fingerprint density at radius 1 is 1.16 bits per heavy atom. The number of anilines is 1. The van der Waals surface area contributed by atoms with Crippen molar-refractivity contribution in [2.75, 3.05) is 25.6 Å². The number of nitriles is 1. The van der Waals surface area contributed by atoms with Crippen molar-refractivity contribution >= 4 is 11.7 Å². The van der Waals surface area contributed by atoms with E-state index in [0.717, 1.165) is 11.1 Å². The maximum absolute atomic E-state index is 14.4. The summed E-state index contributed by atoms with van der Waals surface area (Å²) >= 11 is 0. The lowest BCUT2D eigenvalue weighted by Gasteiger charge is -2.31. The van der Waals surface area contributed by atoms with E-state index in [1.54, 1.807) is 39.8 Å². The molecule has 2 rings (SSSR count). The molecule has 1 heterocycles. The van der Waals surface area contributed by atoms with Gasteiger partial charge in [-0.1, -0.05) is 26.8 Å². The van der Waals surface area contributed by atoms with Gasteiger partial charge in [0.25, 0.3) is 5.91 Å². The molecule has 0 radical (unpaired) electrons. The molecule has 172 valence electrons. The van der Waals surface area contributed by atoms with E-state index in [0.29, 0.717) is 18.2 Å². The number of nitrogens with zero attached hydrogens (tertiary/aromatic N) is 5. The number of rotatable bonds is 6. The molecule has 0 spiro atoms. The van der Waals surface area contributed by atoms with Crippen LogP contribution in [0.3, 0.4) is 0 Å². The van der Waals surface area contributed by atoms with Crippen molar-refractivity contribution in [3.63, 3.8) is 0 Å². The van der Waals surface area contributed by atoms with Crippen LogP contribution in [-0.4, -0.2) is 41.4 Å². The third-order valence-corrected chi connectivity index (χ3v) is 4.05. The van der Waals surface area contributed by atoms with Crippen LogP contribution in [-0.2, 0) is 12.7 Å². The quantitative estimate of drug-likeness (QED) is 0.531. The average Bonchev–Trinajstić information content (AvgIpc) is 2.66. The fourth-order valence-electron chi connectivity index (χ4n) is 2.76. The van der Waals surface area contributed by atoms with Gasteiger partial charge < -0.3 is 4.90 Å². The van der Waals surface area contributed by atoms with Gasteiger partial charge in [0.2, 0.25) is 5.82 Å². The number of benzene rings is 1. The minimum atomic E-state index is -4.81. The number of aromatic nitrogens is 2. The van der Waals surface area contributed by atoms with Crippen molar-refractivity contribution in [2.45, 2.75) is 33.5 Å². The number of hydrogen-bond donors (Lipinski definition) is 1. The molecule has 0 aliphatic heterocycles. The predicted octanol–water partition coefficient (Wildman–Crippen LogP) is 3.77. The molecule has 11 heteroatoms. The summed E-state index contributed by atoms with van der Waals surface area (Å²) < 4.78 is 54.1. The number of carbonyl (C=O) groups excluding carboxylic acids is 1. The van der Waals surface area contributed by atoms with Crippen LogP contribution < -0.4 is 10.4 Å². The van der Waals surface area contributed by atoms with E-state index < -0.39 is 34.8 Å². The number of alkyl halides is 3. The number of nitrogens with one attached hydrogen (secondary N) is 1. The normalized spacial score (nSPS) is 11.9. The molecule has 1 aromatic heterocycles. The summed E-state index contributed by atoms with van der Waals surface area (Å²) in [6, 6.07) is 6.10. The Morgan fingerprint density at radius 3 is 2.31 bits per heavy atom. The fourth-order valence-corrected chi connectivity index (χ4v) is 2.76. The second-order valence-corrected chi connectivity index (χ2v) is 8.68. The lowest BCUT2D eigenvalue weighted by molar-refractivity contribution is -0.141. The Balaban J connectivity index is 2.42. The van der Waals surface area contributed by atoms with Crippen LogP contribution in [0.1, 0.15) is 48.2 Å². The second-order valence-electron chi connectivity index (χ2n) is 8.68. The van der Waals surface area contributed by atoms with Gasteiger partial charge in [0.1, 0.15) is 11.9 Å². The van der Waals surface area contributed by atoms with Gasteiger partial charge in [-0.25, -0.2) is 9.37 Å². The molecule has 0 fully saturated rings. The Morgan fingerprint density at radius 2 is 1.81 bits per heavy atom. The first-order valence-electron chi connectivity index (χ1n) is 9.57. The first-order valence-corrected chi connectivity index (χ1v) is 9.57. The van der Waals surface area contributed by atoms with Gasteiger partial charge in [-0.3, -0.25) is 15.2 Å². The van der Waals surface area contributed by atoms with Gasteiger partial charge in [-0.15, -0.1) is 0 Å². The highest BCUT2D eigenvalue weighted by atomic mass is 19.4. The van der Waals surface area contributed by atoms with E-state index in [9.17, 15) is 22.4 Å². The van der Waals surface area contributed by atoms with Crippen molar-refractivity contribution < 1.29 is 22.4 Å². The van der Waals surface area contributed by atoms with Gasteiger partial charge in [0.05, 0.1) is 0 Å². The summed E-state index contributed by atoms with van der Waals surface area (Å²) in [4.78, 5) is 21.6. The highest BCUT2D eigenvalue weighted by Gasteiger charge is 2.35. The molecular weight excluding hydrogens is 428 g/mol. The molecule has 7 nitrogen and oxygen atoms in total. The fraction of sp³-hybridized carbons (Fsp3) is 0.429. The maximum atomic E-state index is 14.4. The molecule has 0 aliphatic carbocycles. The van der Waals surface area contributed by atoms with E-state index in [1.807, 2.05) is 0 Å². The second kappa shape index (κ2) is 9.48. The molecule has 0 saturated carbocycles. The SMILES string of the molecule is CN(C)Cc1ccc(C(=O)NN(CC(C)(C)C)c2cc(C(F)(F)F)nc(C#N)n2)cc1F. The summed E-state index contributed by atoms with van der Waals surface area (Å²) in [6.07, 6.45) is -4.81. The number of halogens is 4. The Hall–Kier alpha value is -3.26. The van der Waals surface area contributed by atoms with Gasteiger partial charge in [-0.2, -0.15) is 23.4 Å². The van der Waals surface area contributed by atoms with Crippen LogP contribution in [0.25, 0.3) is 0 Å². The predicted molar refractivity (Wildman–Crippen MR) is 110 cm³/mol. The molecule has 0 aliphatic rings. The zero-order valence-corrected chi connectivity index (χ0v) is 18.4. The van der Waals surface area contributed by atoms with Crippen LogP contribution >= 0.6 is 0 Å². The van der Waals surface area contributed by atoms with E-state index in [4.69, 9.17) is 5.26 Å². The van der Waals surface area contributed by atoms with E-state index in [1.165, 1.54) is 18.2 Å². The van der Waals surface area contributed by atoms with Crippen LogP contribution in [0.4, 0.5) is 23.4 Å². The molecule has 2 aromatic rings. The lowest BCUT2D eigenvalue weighted by atomic mass is 9.96. The Bertz CT molecular complexity index is 1020. The largest absolute Gasteiger partial charge is 0.433 e. The van der Waals surface area contributed by atoms with Gasteiger partial charge in [0.15, 0.2) is 11.5 Å². The number of hydrazine groups is 1. The molecule has 0 unspecified atom stereocenters. The van der Waals surface area contributed by atoms with E-state index in [2.05, 4.69) is 15.4 Å². The minimum Gasteiger partial charge on any atom is -0.305 e. The number of carbonyl (C=O) groups is 1. The van der Waals surface area contributed by atoms with Crippen molar-refractivity contribution in [2.24, 2.45) is 5.41 Å². The maximum Gasteiger partial charge on any atom is 0.433 e. The Kier molecular flexibility index (Phi) is 7.41. The van der Waals surface area contributed by atoms with E-state index in [-0.39, 0.29) is 17.9 Å². The average molecular weight is 452 g/mol. The standard InChI is InChI=1S/C21H24F4N6O/c1-20(2,3)12-31(18-9-16(21(23,24)25)27-17(10-26)28-18)29-19(32)13-6-7-14(11-30(4)5)15(22)8-13/h6-9H,11-12H2,1-5H3,(H,29,32). The lowest BCUT2D eigenvalue weighted by Crippen LogP contribution is -2.47. The molecule has 1 N–H and O–H groups in total. The zero-order valence-electron chi connectivity index (χ0n) is 18.4. The van der Waals surface area contributed by atoms with Crippen molar-refractivity contribution in [1.29, 1.82) is 5.26 Å². The molecule has 1 amide bonds. The van der Waals surface area contributed by atoms with Crippen LogP contribution in [0.5, 0.6) is 0 Å². The highest BCUT2D eigenvalue weighted by Crippen LogP contribution is 2.30. The highest BCUT2D eigenvalue weighted by molar-refractivity contribution is 5.95. The smallest absolute Gasteiger partial charge is 0.305 e. The minimum absolute atomic E-state index is 0.0190. The van der Waals surface area contributed by atoms with Crippen LogP contribution in [0, 0.1) is 22.6 Å². The third-order valence-electron chi connectivity index (χ3n) is 4.05.